The van der Waals surface area contributed by atoms with Crippen molar-refractivity contribution in [3.05, 3.63) is 65.0 Å². The summed E-state index contributed by atoms with van der Waals surface area (Å²) in [6.45, 7) is 1.81. The van der Waals surface area contributed by atoms with Gasteiger partial charge < -0.3 is 9.84 Å². The van der Waals surface area contributed by atoms with Crippen molar-refractivity contribution < 1.29 is 14.2 Å². The van der Waals surface area contributed by atoms with Crippen LogP contribution in [0.15, 0.2) is 42.5 Å². The molecule has 1 N–H and O–H groups in total. The maximum absolute atomic E-state index is 13.3. The molecule has 0 aliphatic carbocycles. The van der Waals surface area contributed by atoms with Gasteiger partial charge in [0, 0.05) is 6.42 Å². The monoisotopic (exact) mass is 260 g/mol. The van der Waals surface area contributed by atoms with Crippen LogP contribution in [0.4, 0.5) is 4.39 Å². The molecular weight excluding hydrogens is 243 g/mol. The lowest BCUT2D eigenvalue weighted by atomic mass is 10.00. The van der Waals surface area contributed by atoms with Crippen molar-refractivity contribution in [3.63, 3.8) is 0 Å². The van der Waals surface area contributed by atoms with Crippen LogP contribution in [0, 0.1) is 12.7 Å². The standard InChI is InChI=1S/C16H17FO2/c1-11-7-13(10-14(17)8-11)16(18)9-12-3-5-15(19-2)6-4-12/h3-8,10,16,18H,9H2,1-2H3. The lowest BCUT2D eigenvalue weighted by Crippen LogP contribution is -2.03. The zero-order valence-corrected chi connectivity index (χ0v) is 11.1. The van der Waals surface area contributed by atoms with Gasteiger partial charge in [-0.15, -0.1) is 0 Å². The Hall–Kier alpha value is -1.87. The molecule has 3 heteroatoms. The van der Waals surface area contributed by atoms with E-state index in [1.54, 1.807) is 13.2 Å². The van der Waals surface area contributed by atoms with E-state index in [-0.39, 0.29) is 5.82 Å². The molecule has 1 unspecified atom stereocenters. The number of methoxy groups -OCH3 is 1. The van der Waals surface area contributed by atoms with Crippen molar-refractivity contribution in [3.8, 4) is 5.75 Å². The lowest BCUT2D eigenvalue weighted by Gasteiger charge is -2.12. The Labute approximate surface area is 112 Å². The van der Waals surface area contributed by atoms with Crippen LogP contribution in [-0.4, -0.2) is 12.2 Å². The second kappa shape index (κ2) is 5.85. The van der Waals surface area contributed by atoms with E-state index >= 15 is 0 Å². The first-order valence-corrected chi connectivity index (χ1v) is 6.16. The van der Waals surface area contributed by atoms with E-state index in [1.165, 1.54) is 12.1 Å². The first-order valence-electron chi connectivity index (χ1n) is 6.16. The molecule has 0 aliphatic heterocycles. The van der Waals surface area contributed by atoms with Gasteiger partial charge in [-0.2, -0.15) is 0 Å². The van der Waals surface area contributed by atoms with Gasteiger partial charge in [-0.05, 0) is 47.9 Å². The van der Waals surface area contributed by atoms with Crippen LogP contribution < -0.4 is 4.74 Å². The van der Waals surface area contributed by atoms with Crippen molar-refractivity contribution >= 4 is 0 Å². The van der Waals surface area contributed by atoms with Crippen molar-refractivity contribution in [2.75, 3.05) is 7.11 Å². The predicted octanol–water partition coefficient (Wildman–Crippen LogP) is 3.42. The first kappa shape index (κ1) is 13.6. The van der Waals surface area contributed by atoms with Gasteiger partial charge in [0.1, 0.15) is 11.6 Å². The van der Waals surface area contributed by atoms with Crippen molar-refractivity contribution in [1.29, 1.82) is 0 Å². The Balaban J connectivity index is 2.13. The molecule has 0 aliphatic rings. The number of ether oxygens (including phenoxy) is 1. The van der Waals surface area contributed by atoms with E-state index in [0.29, 0.717) is 12.0 Å². The van der Waals surface area contributed by atoms with Crippen LogP contribution in [0.5, 0.6) is 5.75 Å². The van der Waals surface area contributed by atoms with E-state index < -0.39 is 6.10 Å². The maximum atomic E-state index is 13.3. The van der Waals surface area contributed by atoms with E-state index in [0.717, 1.165) is 16.9 Å². The van der Waals surface area contributed by atoms with Gasteiger partial charge in [-0.3, -0.25) is 0 Å². The second-order valence-corrected chi connectivity index (χ2v) is 4.63. The molecule has 0 heterocycles. The molecule has 100 valence electrons. The minimum atomic E-state index is -0.706. The fraction of sp³-hybridized carbons (Fsp3) is 0.250. The van der Waals surface area contributed by atoms with Gasteiger partial charge in [-0.1, -0.05) is 18.2 Å². The Morgan fingerprint density at radius 2 is 1.84 bits per heavy atom. The van der Waals surface area contributed by atoms with Crippen molar-refractivity contribution in [1.82, 2.24) is 0 Å². The van der Waals surface area contributed by atoms with Gasteiger partial charge >= 0.3 is 0 Å². The number of hydrogen-bond acceptors (Lipinski definition) is 2. The van der Waals surface area contributed by atoms with E-state index in [9.17, 15) is 9.50 Å². The number of aryl methyl sites for hydroxylation is 1. The lowest BCUT2D eigenvalue weighted by molar-refractivity contribution is 0.178. The minimum absolute atomic E-state index is 0.316. The molecule has 0 aromatic heterocycles. The zero-order chi connectivity index (χ0) is 13.8. The highest BCUT2D eigenvalue weighted by Crippen LogP contribution is 2.22. The summed E-state index contributed by atoms with van der Waals surface area (Å²) < 4.78 is 18.4. The van der Waals surface area contributed by atoms with Gasteiger partial charge in [-0.25, -0.2) is 4.39 Å². The molecule has 0 saturated heterocycles. The number of rotatable bonds is 4. The SMILES string of the molecule is COc1ccc(CC(O)c2cc(C)cc(F)c2)cc1. The van der Waals surface area contributed by atoms with Crippen LogP contribution in [0.2, 0.25) is 0 Å². The van der Waals surface area contributed by atoms with Crippen molar-refractivity contribution in [2.24, 2.45) is 0 Å². The first-order chi connectivity index (χ1) is 9.08. The molecule has 0 saturated carbocycles. The summed E-state index contributed by atoms with van der Waals surface area (Å²) in [7, 11) is 1.61. The van der Waals surface area contributed by atoms with Gasteiger partial charge in [0.25, 0.3) is 0 Å². The molecule has 0 radical (unpaired) electrons. The molecule has 2 nitrogen and oxygen atoms in total. The molecule has 0 spiro atoms. The summed E-state index contributed by atoms with van der Waals surface area (Å²) in [6.07, 6.45) is -0.254. The zero-order valence-electron chi connectivity index (χ0n) is 11.1. The van der Waals surface area contributed by atoms with Crippen LogP contribution in [0.25, 0.3) is 0 Å². The van der Waals surface area contributed by atoms with E-state index in [4.69, 9.17) is 4.74 Å². The third-order valence-corrected chi connectivity index (χ3v) is 3.04. The Kier molecular flexibility index (Phi) is 4.17. The Bertz CT molecular complexity index is 529. The van der Waals surface area contributed by atoms with Crippen LogP contribution in [0.1, 0.15) is 22.8 Å². The summed E-state index contributed by atoms with van der Waals surface area (Å²) in [5.74, 6) is 0.462. The molecule has 19 heavy (non-hydrogen) atoms. The highest BCUT2D eigenvalue weighted by atomic mass is 19.1. The molecule has 2 aromatic rings. The third-order valence-electron chi connectivity index (χ3n) is 3.04. The highest BCUT2D eigenvalue weighted by Gasteiger charge is 2.10. The van der Waals surface area contributed by atoms with Gasteiger partial charge in [0.2, 0.25) is 0 Å². The third kappa shape index (κ3) is 3.55. The van der Waals surface area contributed by atoms with Gasteiger partial charge in [0.15, 0.2) is 0 Å². The second-order valence-electron chi connectivity index (χ2n) is 4.63. The maximum Gasteiger partial charge on any atom is 0.123 e. The number of halogens is 1. The summed E-state index contributed by atoms with van der Waals surface area (Å²) >= 11 is 0. The quantitative estimate of drug-likeness (QED) is 0.912. The highest BCUT2D eigenvalue weighted by molar-refractivity contribution is 5.30. The number of aliphatic hydroxyl groups excluding tert-OH is 1. The molecule has 0 fully saturated rings. The largest absolute Gasteiger partial charge is 0.497 e. The number of aliphatic hydroxyl groups is 1. The summed E-state index contributed by atoms with van der Waals surface area (Å²) in [4.78, 5) is 0. The van der Waals surface area contributed by atoms with E-state index in [2.05, 4.69) is 0 Å². The molecule has 0 amide bonds. The molecule has 2 rings (SSSR count). The average Bonchev–Trinajstić information content (AvgIpc) is 2.38. The minimum Gasteiger partial charge on any atom is -0.497 e. The molecular formula is C16H17FO2. The fourth-order valence-corrected chi connectivity index (χ4v) is 2.06. The smallest absolute Gasteiger partial charge is 0.123 e. The topological polar surface area (TPSA) is 29.5 Å². The summed E-state index contributed by atoms with van der Waals surface area (Å²) in [5, 5.41) is 10.2. The average molecular weight is 260 g/mol. The van der Waals surface area contributed by atoms with Crippen LogP contribution in [0.3, 0.4) is 0 Å². The Morgan fingerprint density at radius 1 is 1.16 bits per heavy atom. The fourth-order valence-electron chi connectivity index (χ4n) is 2.06. The molecule has 1 atom stereocenters. The van der Waals surface area contributed by atoms with Gasteiger partial charge in [0.05, 0.1) is 13.2 Å². The molecule has 2 aromatic carbocycles. The van der Waals surface area contributed by atoms with Crippen LogP contribution in [-0.2, 0) is 6.42 Å². The number of hydrogen-bond donors (Lipinski definition) is 1. The normalized spacial score (nSPS) is 12.2. The predicted molar refractivity (Wildman–Crippen MR) is 72.8 cm³/mol. The Morgan fingerprint density at radius 3 is 2.42 bits per heavy atom. The summed E-state index contributed by atoms with van der Waals surface area (Å²) in [5.41, 5.74) is 2.40. The van der Waals surface area contributed by atoms with Crippen molar-refractivity contribution in [2.45, 2.75) is 19.4 Å². The molecule has 0 bridgehead atoms. The number of benzene rings is 2. The van der Waals surface area contributed by atoms with E-state index in [1.807, 2.05) is 31.2 Å². The van der Waals surface area contributed by atoms with Crippen LogP contribution >= 0.6 is 0 Å². The summed E-state index contributed by atoms with van der Waals surface area (Å²) in [6, 6.07) is 12.1.